The summed E-state index contributed by atoms with van der Waals surface area (Å²) in [6, 6.07) is 17.2. The van der Waals surface area contributed by atoms with Crippen LogP contribution >= 0.6 is 0 Å². The largest absolute Gasteiger partial charge is 0.465 e. The molecule has 1 aliphatic rings. The Morgan fingerprint density at radius 2 is 1.78 bits per heavy atom. The number of esters is 1. The molecule has 2 amide bonds. The maximum atomic E-state index is 12.6. The first-order valence-corrected chi connectivity index (χ1v) is 11.7. The summed E-state index contributed by atoms with van der Waals surface area (Å²) >= 11 is 0. The van der Waals surface area contributed by atoms with Crippen molar-refractivity contribution in [3.8, 4) is 0 Å². The number of fused-ring (bicyclic) bond motifs is 1. The van der Waals surface area contributed by atoms with Gasteiger partial charge in [0, 0.05) is 24.4 Å². The molecule has 2 heterocycles. The van der Waals surface area contributed by atoms with E-state index < -0.39 is 5.97 Å². The molecule has 4 aromatic rings. The van der Waals surface area contributed by atoms with Crippen LogP contribution in [-0.4, -0.2) is 39.4 Å². The van der Waals surface area contributed by atoms with Gasteiger partial charge in [0.05, 0.1) is 25.4 Å². The molecule has 2 N–H and O–H groups in total. The second kappa shape index (κ2) is 9.99. The number of methoxy groups -OCH3 is 1. The van der Waals surface area contributed by atoms with Crippen LogP contribution in [0.2, 0.25) is 0 Å². The molecular formula is C27H25N5O4. The zero-order valence-electron chi connectivity index (χ0n) is 19.7. The molecule has 1 aliphatic carbocycles. The van der Waals surface area contributed by atoms with E-state index in [0.717, 1.165) is 16.3 Å². The summed E-state index contributed by atoms with van der Waals surface area (Å²) in [5.74, 6) is -0.00464. The van der Waals surface area contributed by atoms with Gasteiger partial charge in [-0.3, -0.25) is 9.59 Å². The Balaban J connectivity index is 1.12. The molecule has 0 radical (unpaired) electrons. The van der Waals surface area contributed by atoms with E-state index in [1.165, 1.54) is 13.3 Å². The third-order valence-electron chi connectivity index (χ3n) is 6.44. The van der Waals surface area contributed by atoms with Gasteiger partial charge in [-0.25, -0.2) is 14.8 Å². The Kier molecular flexibility index (Phi) is 6.44. The average molecular weight is 484 g/mol. The van der Waals surface area contributed by atoms with E-state index in [0.29, 0.717) is 30.0 Å². The monoisotopic (exact) mass is 483 g/mol. The second-order valence-electron chi connectivity index (χ2n) is 8.80. The summed E-state index contributed by atoms with van der Waals surface area (Å²) in [4.78, 5) is 45.1. The number of amides is 2. The third kappa shape index (κ3) is 4.95. The predicted molar refractivity (Wildman–Crippen MR) is 134 cm³/mol. The summed E-state index contributed by atoms with van der Waals surface area (Å²) in [5.41, 5.74) is 1.28. The molecule has 5 rings (SSSR count). The molecule has 0 aliphatic heterocycles. The Morgan fingerprint density at radius 3 is 2.56 bits per heavy atom. The third-order valence-corrected chi connectivity index (χ3v) is 6.44. The first kappa shape index (κ1) is 23.2. The van der Waals surface area contributed by atoms with E-state index in [2.05, 4.69) is 25.3 Å². The van der Waals surface area contributed by atoms with Gasteiger partial charge in [0.15, 0.2) is 5.82 Å². The van der Waals surface area contributed by atoms with E-state index in [1.807, 2.05) is 47.0 Å². The van der Waals surface area contributed by atoms with Gasteiger partial charge < -0.3 is 19.9 Å². The van der Waals surface area contributed by atoms with E-state index >= 15 is 0 Å². The van der Waals surface area contributed by atoms with Crippen molar-refractivity contribution in [2.45, 2.75) is 25.3 Å². The lowest BCUT2D eigenvalue weighted by Crippen LogP contribution is -2.35. The number of imidazole rings is 1. The number of aromatic nitrogens is 3. The van der Waals surface area contributed by atoms with Crippen LogP contribution in [0.4, 0.5) is 11.6 Å². The normalized spacial score (nSPS) is 16.7. The van der Waals surface area contributed by atoms with Crippen molar-refractivity contribution >= 4 is 40.2 Å². The van der Waals surface area contributed by atoms with Gasteiger partial charge in [-0.1, -0.05) is 42.5 Å². The summed E-state index contributed by atoms with van der Waals surface area (Å²) in [6.45, 7) is 0. The van der Waals surface area contributed by atoms with Crippen molar-refractivity contribution in [3.63, 3.8) is 0 Å². The summed E-state index contributed by atoms with van der Waals surface area (Å²) < 4.78 is 6.58. The zero-order valence-corrected chi connectivity index (χ0v) is 19.7. The molecule has 0 atom stereocenters. The number of hydrogen-bond donors (Lipinski definition) is 2. The predicted octanol–water partition coefficient (Wildman–Crippen LogP) is 3.99. The van der Waals surface area contributed by atoms with Crippen molar-refractivity contribution in [2.75, 3.05) is 17.7 Å². The number of pyridine rings is 1. The molecule has 1 fully saturated rings. The standard InChI is InChI=1S/C27H25N5O4/c1-36-27(35)19-9-10-23(28-14-19)31-26(34)20-11-21(12-20)32-15-24(29-16-32)30-25(33)13-18-7-4-6-17-5-2-3-8-22(17)18/h2-10,14-16,20-21H,11-13H2,1H3,(H,30,33)(H,28,31,34). The number of carbonyl (C=O) groups is 3. The van der Waals surface area contributed by atoms with E-state index in [4.69, 9.17) is 0 Å². The lowest BCUT2D eigenvalue weighted by molar-refractivity contribution is -0.123. The van der Waals surface area contributed by atoms with Gasteiger partial charge >= 0.3 is 5.97 Å². The number of nitrogens with one attached hydrogen (secondary N) is 2. The first-order valence-electron chi connectivity index (χ1n) is 11.7. The van der Waals surface area contributed by atoms with Crippen LogP contribution in [-0.2, 0) is 20.7 Å². The SMILES string of the molecule is COC(=O)c1ccc(NC(=O)C2CC(n3cnc(NC(=O)Cc4cccc5ccccc45)c3)C2)nc1. The molecule has 0 spiro atoms. The van der Waals surface area contributed by atoms with E-state index in [9.17, 15) is 14.4 Å². The Bertz CT molecular complexity index is 1420. The minimum absolute atomic E-state index is 0.117. The van der Waals surface area contributed by atoms with E-state index in [-0.39, 0.29) is 30.2 Å². The maximum Gasteiger partial charge on any atom is 0.339 e. The minimum Gasteiger partial charge on any atom is -0.465 e. The summed E-state index contributed by atoms with van der Waals surface area (Å²) in [7, 11) is 1.30. The second-order valence-corrected chi connectivity index (χ2v) is 8.80. The van der Waals surface area contributed by atoms with Gasteiger partial charge in [-0.05, 0) is 41.3 Å². The van der Waals surface area contributed by atoms with Gasteiger partial charge in [-0.15, -0.1) is 0 Å². The quantitative estimate of drug-likeness (QED) is 0.384. The smallest absolute Gasteiger partial charge is 0.339 e. The van der Waals surface area contributed by atoms with Crippen LogP contribution in [0.1, 0.15) is 34.8 Å². The molecule has 0 saturated heterocycles. The average Bonchev–Trinajstić information content (AvgIpc) is 3.31. The summed E-state index contributed by atoms with van der Waals surface area (Å²) in [5, 5.41) is 7.82. The van der Waals surface area contributed by atoms with Crippen LogP contribution < -0.4 is 10.6 Å². The van der Waals surface area contributed by atoms with Crippen LogP contribution in [0.25, 0.3) is 10.8 Å². The van der Waals surface area contributed by atoms with Crippen molar-refractivity contribution in [2.24, 2.45) is 5.92 Å². The lowest BCUT2D eigenvalue weighted by Gasteiger charge is -2.34. The van der Waals surface area contributed by atoms with Gasteiger partial charge in [-0.2, -0.15) is 0 Å². The lowest BCUT2D eigenvalue weighted by atomic mass is 9.79. The van der Waals surface area contributed by atoms with Crippen LogP contribution in [0.15, 0.2) is 73.3 Å². The topological polar surface area (TPSA) is 115 Å². The van der Waals surface area contributed by atoms with Crippen molar-refractivity contribution in [1.82, 2.24) is 14.5 Å². The number of benzene rings is 2. The highest BCUT2D eigenvalue weighted by Gasteiger charge is 2.35. The van der Waals surface area contributed by atoms with Gasteiger partial charge in [0.1, 0.15) is 5.82 Å². The molecule has 2 aromatic carbocycles. The molecule has 2 aromatic heterocycles. The fourth-order valence-electron chi connectivity index (χ4n) is 4.39. The van der Waals surface area contributed by atoms with Crippen molar-refractivity contribution in [3.05, 3.63) is 84.4 Å². The molecule has 9 nitrogen and oxygen atoms in total. The number of ether oxygens (including phenoxy) is 1. The fourth-order valence-corrected chi connectivity index (χ4v) is 4.39. The van der Waals surface area contributed by atoms with Crippen molar-refractivity contribution in [1.29, 1.82) is 0 Å². The minimum atomic E-state index is -0.480. The fraction of sp³-hybridized carbons (Fsp3) is 0.222. The molecule has 36 heavy (non-hydrogen) atoms. The molecule has 0 bridgehead atoms. The highest BCUT2D eigenvalue weighted by Crippen LogP contribution is 2.38. The molecule has 9 heteroatoms. The van der Waals surface area contributed by atoms with Gasteiger partial charge in [0.2, 0.25) is 11.8 Å². The van der Waals surface area contributed by atoms with Crippen LogP contribution in [0, 0.1) is 5.92 Å². The van der Waals surface area contributed by atoms with Crippen LogP contribution in [0.5, 0.6) is 0 Å². The number of carbonyl (C=O) groups excluding carboxylic acids is 3. The number of hydrogen-bond acceptors (Lipinski definition) is 6. The Morgan fingerprint density at radius 1 is 0.972 bits per heavy atom. The van der Waals surface area contributed by atoms with Crippen LogP contribution in [0.3, 0.4) is 0 Å². The molecule has 1 saturated carbocycles. The maximum absolute atomic E-state index is 12.6. The number of nitrogens with zero attached hydrogens (tertiary/aromatic N) is 3. The Hall–Kier alpha value is -4.53. The Labute approximate surface area is 207 Å². The molecular weight excluding hydrogens is 458 g/mol. The number of rotatable bonds is 7. The molecule has 182 valence electrons. The number of anilines is 2. The highest BCUT2D eigenvalue weighted by molar-refractivity contribution is 5.96. The first-order chi connectivity index (χ1) is 17.5. The zero-order chi connectivity index (χ0) is 25.1. The van der Waals surface area contributed by atoms with Gasteiger partial charge in [0.25, 0.3) is 0 Å². The highest BCUT2D eigenvalue weighted by atomic mass is 16.5. The van der Waals surface area contributed by atoms with Crippen molar-refractivity contribution < 1.29 is 19.1 Å². The summed E-state index contributed by atoms with van der Waals surface area (Å²) in [6.07, 6.45) is 6.42. The van der Waals surface area contributed by atoms with E-state index in [1.54, 1.807) is 24.7 Å². The molecule has 0 unspecified atom stereocenters.